The predicted octanol–water partition coefficient (Wildman–Crippen LogP) is 3.04. The maximum absolute atomic E-state index is 12.6. The normalized spacial score (nSPS) is 19.3. The Morgan fingerprint density at radius 3 is 2.28 bits per heavy atom. The van der Waals surface area contributed by atoms with Crippen LogP contribution in [0.3, 0.4) is 0 Å². The average Bonchev–Trinajstić information content (AvgIpc) is 3.41. The third-order valence-electron chi connectivity index (χ3n) is 4.76. The SMILES string of the molecule is O=S(=O)(CC1=CCCCCC1)c1ccc(S(=O)(=O)NCC2CC2)cc1. The molecule has 2 aliphatic carbocycles. The van der Waals surface area contributed by atoms with Gasteiger partial charge in [-0.25, -0.2) is 21.6 Å². The summed E-state index contributed by atoms with van der Waals surface area (Å²) in [7, 11) is -7.00. The van der Waals surface area contributed by atoms with Gasteiger partial charge in [-0.3, -0.25) is 0 Å². The molecule has 0 atom stereocenters. The Labute approximate surface area is 150 Å². The lowest BCUT2D eigenvalue weighted by atomic mass is 10.1. The Hall–Kier alpha value is -1.18. The molecule has 0 spiro atoms. The Morgan fingerprint density at radius 1 is 0.920 bits per heavy atom. The molecule has 1 fully saturated rings. The van der Waals surface area contributed by atoms with Crippen LogP contribution in [0, 0.1) is 5.92 Å². The van der Waals surface area contributed by atoms with Crippen LogP contribution in [0.5, 0.6) is 0 Å². The molecule has 138 valence electrons. The quantitative estimate of drug-likeness (QED) is 0.734. The van der Waals surface area contributed by atoms with Crippen LogP contribution in [-0.4, -0.2) is 29.1 Å². The molecule has 3 rings (SSSR count). The number of hydrogen-bond acceptors (Lipinski definition) is 4. The van der Waals surface area contributed by atoms with Gasteiger partial charge in [-0.1, -0.05) is 18.1 Å². The number of benzene rings is 1. The first-order valence-electron chi connectivity index (χ1n) is 8.87. The predicted molar refractivity (Wildman–Crippen MR) is 97.6 cm³/mol. The second-order valence-electron chi connectivity index (χ2n) is 6.99. The largest absolute Gasteiger partial charge is 0.240 e. The fourth-order valence-corrected chi connectivity index (χ4v) is 5.58. The molecule has 5 nitrogen and oxygen atoms in total. The molecule has 0 aromatic heterocycles. The standard InChI is InChI=1S/C18H25NO4S2/c20-24(21,14-16-5-3-1-2-4-6-16)17-9-11-18(12-10-17)25(22,23)19-13-15-7-8-15/h5,9-12,15,19H,1-4,6-8,13-14H2. The molecule has 0 unspecified atom stereocenters. The van der Waals surface area contributed by atoms with Crippen LogP contribution in [0.2, 0.25) is 0 Å². The van der Waals surface area contributed by atoms with E-state index in [-0.39, 0.29) is 15.5 Å². The van der Waals surface area contributed by atoms with Crippen LogP contribution >= 0.6 is 0 Å². The van der Waals surface area contributed by atoms with E-state index < -0.39 is 19.9 Å². The average molecular weight is 384 g/mol. The minimum Gasteiger partial charge on any atom is -0.223 e. The number of hydrogen-bond donors (Lipinski definition) is 1. The van der Waals surface area contributed by atoms with Gasteiger partial charge in [-0.05, 0) is 68.7 Å². The van der Waals surface area contributed by atoms with Crippen molar-refractivity contribution >= 4 is 19.9 Å². The van der Waals surface area contributed by atoms with Crippen molar-refractivity contribution in [2.75, 3.05) is 12.3 Å². The molecular weight excluding hydrogens is 358 g/mol. The highest BCUT2D eigenvalue weighted by Gasteiger charge is 2.25. The maximum Gasteiger partial charge on any atom is 0.240 e. The first kappa shape index (κ1) is 18.6. The van der Waals surface area contributed by atoms with Crippen LogP contribution in [0.1, 0.15) is 44.9 Å². The topological polar surface area (TPSA) is 80.3 Å². The lowest BCUT2D eigenvalue weighted by Gasteiger charge is -2.09. The molecule has 1 N–H and O–H groups in total. The van der Waals surface area contributed by atoms with E-state index in [9.17, 15) is 16.8 Å². The monoisotopic (exact) mass is 383 g/mol. The fraction of sp³-hybridized carbons (Fsp3) is 0.556. The molecule has 1 aromatic carbocycles. The number of sulfonamides is 1. The molecule has 2 aliphatic rings. The minimum atomic E-state index is -3.57. The van der Waals surface area contributed by atoms with E-state index in [4.69, 9.17) is 0 Å². The van der Waals surface area contributed by atoms with E-state index in [2.05, 4.69) is 4.72 Å². The van der Waals surface area contributed by atoms with Gasteiger partial charge in [0.2, 0.25) is 10.0 Å². The summed E-state index contributed by atoms with van der Waals surface area (Å²) in [6, 6.07) is 5.56. The summed E-state index contributed by atoms with van der Waals surface area (Å²) in [5, 5.41) is 0. The van der Waals surface area contributed by atoms with Crippen molar-refractivity contribution in [3.05, 3.63) is 35.9 Å². The van der Waals surface area contributed by atoms with Crippen molar-refractivity contribution in [2.45, 2.75) is 54.7 Å². The summed E-state index contributed by atoms with van der Waals surface area (Å²) in [4.78, 5) is 0.291. The Kier molecular flexibility index (Phi) is 5.65. The van der Waals surface area contributed by atoms with Gasteiger partial charge in [0.05, 0.1) is 15.5 Å². The Bertz CT molecular complexity index is 836. The third-order valence-corrected chi connectivity index (χ3v) is 7.94. The second kappa shape index (κ2) is 7.60. The smallest absolute Gasteiger partial charge is 0.223 e. The van der Waals surface area contributed by atoms with Gasteiger partial charge in [-0.2, -0.15) is 0 Å². The van der Waals surface area contributed by atoms with Gasteiger partial charge in [0.15, 0.2) is 9.84 Å². The highest BCUT2D eigenvalue weighted by Crippen LogP contribution is 2.28. The van der Waals surface area contributed by atoms with Crippen LogP contribution in [0.25, 0.3) is 0 Å². The molecular formula is C18H25NO4S2. The van der Waals surface area contributed by atoms with Crippen LogP contribution in [-0.2, 0) is 19.9 Å². The van der Waals surface area contributed by atoms with Gasteiger partial charge in [0.1, 0.15) is 0 Å². The van der Waals surface area contributed by atoms with Crippen molar-refractivity contribution in [1.82, 2.24) is 4.72 Å². The molecule has 7 heteroatoms. The van der Waals surface area contributed by atoms with Crippen molar-refractivity contribution < 1.29 is 16.8 Å². The lowest BCUT2D eigenvalue weighted by Crippen LogP contribution is -2.25. The minimum absolute atomic E-state index is 0.0268. The number of sulfone groups is 1. The van der Waals surface area contributed by atoms with E-state index in [1.165, 1.54) is 24.3 Å². The lowest BCUT2D eigenvalue weighted by molar-refractivity contribution is 0.576. The first-order chi connectivity index (χ1) is 11.9. The molecule has 1 saturated carbocycles. The molecule has 0 aliphatic heterocycles. The zero-order valence-electron chi connectivity index (χ0n) is 14.3. The van der Waals surface area contributed by atoms with Crippen molar-refractivity contribution in [3.8, 4) is 0 Å². The van der Waals surface area contributed by atoms with Gasteiger partial charge in [0, 0.05) is 6.54 Å². The van der Waals surface area contributed by atoms with Gasteiger partial charge < -0.3 is 0 Å². The van der Waals surface area contributed by atoms with Crippen molar-refractivity contribution in [1.29, 1.82) is 0 Å². The Morgan fingerprint density at radius 2 is 1.60 bits per heavy atom. The molecule has 0 radical (unpaired) electrons. The van der Waals surface area contributed by atoms with Crippen LogP contribution < -0.4 is 4.72 Å². The highest BCUT2D eigenvalue weighted by molar-refractivity contribution is 7.91. The third kappa shape index (κ3) is 5.15. The van der Waals surface area contributed by atoms with Crippen molar-refractivity contribution in [3.63, 3.8) is 0 Å². The number of rotatable bonds is 7. The first-order valence-corrected chi connectivity index (χ1v) is 12.0. The summed E-state index contributed by atoms with van der Waals surface area (Å²) >= 11 is 0. The van der Waals surface area contributed by atoms with Crippen molar-refractivity contribution in [2.24, 2.45) is 5.92 Å². The van der Waals surface area contributed by atoms with E-state index in [0.29, 0.717) is 12.5 Å². The zero-order valence-corrected chi connectivity index (χ0v) is 15.9. The summed E-state index contributed by atoms with van der Waals surface area (Å²) in [6.07, 6.45) is 9.23. The molecule has 0 bridgehead atoms. The molecule has 1 aromatic rings. The Balaban J connectivity index is 1.70. The zero-order chi connectivity index (χ0) is 17.9. The van der Waals surface area contributed by atoms with E-state index in [1.54, 1.807) is 0 Å². The summed E-state index contributed by atoms with van der Waals surface area (Å²) < 4.78 is 52.2. The van der Waals surface area contributed by atoms with Gasteiger partial charge in [0.25, 0.3) is 0 Å². The van der Waals surface area contributed by atoms with E-state index in [0.717, 1.165) is 50.5 Å². The van der Waals surface area contributed by atoms with Gasteiger partial charge >= 0.3 is 0 Å². The number of allylic oxidation sites excluding steroid dienone is 1. The summed E-state index contributed by atoms with van der Waals surface area (Å²) in [5.41, 5.74) is 0.972. The summed E-state index contributed by atoms with van der Waals surface area (Å²) in [5.74, 6) is 0.473. The molecule has 0 saturated heterocycles. The van der Waals surface area contributed by atoms with Gasteiger partial charge in [-0.15, -0.1) is 0 Å². The van der Waals surface area contributed by atoms with E-state index in [1.807, 2.05) is 6.08 Å². The van der Waals surface area contributed by atoms with E-state index >= 15 is 0 Å². The summed E-state index contributed by atoms with van der Waals surface area (Å²) in [6.45, 7) is 0.455. The van der Waals surface area contributed by atoms with Crippen LogP contribution in [0.15, 0.2) is 45.7 Å². The molecule has 25 heavy (non-hydrogen) atoms. The molecule has 0 heterocycles. The number of nitrogens with one attached hydrogen (secondary N) is 1. The fourth-order valence-electron chi connectivity index (χ4n) is 3.00. The molecule has 0 amide bonds. The highest BCUT2D eigenvalue weighted by atomic mass is 32.2. The maximum atomic E-state index is 12.6. The second-order valence-corrected chi connectivity index (χ2v) is 10.7. The van der Waals surface area contributed by atoms with Crippen LogP contribution in [0.4, 0.5) is 0 Å².